The number of thiazole rings is 1. The number of nitrogens with zero attached hydrogens (tertiary/aromatic N) is 2. The van der Waals surface area contributed by atoms with Crippen LogP contribution in [0.3, 0.4) is 0 Å². The van der Waals surface area contributed by atoms with Crippen LogP contribution in [0.4, 0.5) is 28.5 Å². The zero-order valence-electron chi connectivity index (χ0n) is 17.0. The Morgan fingerprint density at radius 3 is 2.56 bits per heavy atom. The molecule has 0 aliphatic carbocycles. The van der Waals surface area contributed by atoms with E-state index in [1.807, 2.05) is 0 Å². The van der Waals surface area contributed by atoms with Gasteiger partial charge in [0.2, 0.25) is 0 Å². The van der Waals surface area contributed by atoms with Crippen LogP contribution in [0.1, 0.15) is 22.8 Å². The molecule has 8 nitrogen and oxygen atoms in total. The fraction of sp³-hybridized carbons (Fsp3) is 0.200. The lowest BCUT2D eigenvalue weighted by molar-refractivity contribution is -0.141. The lowest BCUT2D eigenvalue weighted by atomic mass is 10.1. The molecule has 180 valence electrons. The van der Waals surface area contributed by atoms with Crippen LogP contribution in [0.2, 0.25) is 5.02 Å². The Balaban J connectivity index is 1.77. The van der Waals surface area contributed by atoms with E-state index in [4.69, 9.17) is 16.7 Å². The van der Waals surface area contributed by atoms with Gasteiger partial charge in [-0.3, -0.25) is 10.1 Å². The molecule has 0 saturated heterocycles. The number of aliphatic hydroxyl groups excluding tert-OH is 1. The predicted molar refractivity (Wildman–Crippen MR) is 116 cm³/mol. The highest BCUT2D eigenvalue weighted by Gasteiger charge is 2.35. The van der Waals surface area contributed by atoms with Gasteiger partial charge in [0.1, 0.15) is 11.6 Å². The van der Waals surface area contributed by atoms with Crippen molar-refractivity contribution in [3.05, 3.63) is 57.8 Å². The number of nitrogens with one attached hydrogen (secondary N) is 2. The van der Waals surface area contributed by atoms with Crippen LogP contribution < -0.4 is 10.6 Å². The summed E-state index contributed by atoms with van der Waals surface area (Å²) in [5.74, 6) is -3.62. The van der Waals surface area contributed by atoms with Gasteiger partial charge in [-0.05, 0) is 25.1 Å². The molecule has 2 unspecified atom stereocenters. The van der Waals surface area contributed by atoms with Gasteiger partial charge in [-0.1, -0.05) is 17.7 Å². The van der Waals surface area contributed by atoms with Crippen molar-refractivity contribution in [3.8, 4) is 11.3 Å². The lowest BCUT2D eigenvalue weighted by Crippen LogP contribution is -2.39. The Kier molecular flexibility index (Phi) is 7.38. The smallest absolute Gasteiger partial charge is 0.419 e. The summed E-state index contributed by atoms with van der Waals surface area (Å²) in [6.07, 6.45) is -5.05. The molecule has 0 spiro atoms. The number of aliphatic carboxylic acids is 1. The van der Waals surface area contributed by atoms with Gasteiger partial charge in [0, 0.05) is 17.1 Å². The van der Waals surface area contributed by atoms with E-state index in [2.05, 4.69) is 20.6 Å². The minimum absolute atomic E-state index is 0.0183. The lowest BCUT2D eigenvalue weighted by Gasteiger charge is -2.18. The van der Waals surface area contributed by atoms with E-state index in [9.17, 15) is 32.3 Å². The highest BCUT2D eigenvalue weighted by Crippen LogP contribution is 2.36. The van der Waals surface area contributed by atoms with Crippen LogP contribution in [-0.2, 0) is 11.0 Å². The Hall–Kier alpha value is -3.29. The number of benzene rings is 1. The molecular formula is C20H15ClF4N4O4S. The largest absolute Gasteiger partial charge is 0.480 e. The number of carboxylic acid groups (broad SMARTS) is 1. The van der Waals surface area contributed by atoms with Gasteiger partial charge < -0.3 is 15.5 Å². The van der Waals surface area contributed by atoms with Gasteiger partial charge in [0.05, 0.1) is 27.9 Å². The summed E-state index contributed by atoms with van der Waals surface area (Å²) in [7, 11) is 0. The first-order valence-corrected chi connectivity index (χ1v) is 10.6. The number of halogens is 5. The van der Waals surface area contributed by atoms with E-state index >= 15 is 0 Å². The van der Waals surface area contributed by atoms with Gasteiger partial charge in [-0.25, -0.2) is 19.2 Å². The number of hydrogen-bond donors (Lipinski definition) is 4. The number of carboxylic acids is 1. The molecule has 34 heavy (non-hydrogen) atoms. The van der Waals surface area contributed by atoms with E-state index < -0.39 is 41.6 Å². The normalized spacial score (nSPS) is 13.3. The molecule has 0 radical (unpaired) electrons. The number of aliphatic hydroxyl groups is 1. The second-order valence-electron chi connectivity index (χ2n) is 6.91. The molecule has 1 amide bonds. The number of pyridine rings is 1. The Bertz CT molecular complexity index is 1240. The maximum Gasteiger partial charge on any atom is 0.419 e. The maximum absolute atomic E-state index is 14.3. The van der Waals surface area contributed by atoms with Crippen molar-refractivity contribution in [2.45, 2.75) is 25.2 Å². The highest BCUT2D eigenvalue weighted by molar-refractivity contribution is 7.14. The van der Waals surface area contributed by atoms with Crippen LogP contribution >= 0.6 is 22.9 Å². The maximum atomic E-state index is 14.3. The van der Waals surface area contributed by atoms with Crippen LogP contribution in [0, 0.1) is 5.82 Å². The molecule has 0 saturated carbocycles. The van der Waals surface area contributed by atoms with Crippen molar-refractivity contribution in [1.82, 2.24) is 9.97 Å². The van der Waals surface area contributed by atoms with Crippen molar-refractivity contribution in [1.29, 1.82) is 0 Å². The first kappa shape index (κ1) is 25.3. The van der Waals surface area contributed by atoms with Gasteiger partial charge in [0.25, 0.3) is 5.91 Å². The van der Waals surface area contributed by atoms with Gasteiger partial charge >= 0.3 is 12.1 Å². The van der Waals surface area contributed by atoms with E-state index in [1.165, 1.54) is 18.4 Å². The fourth-order valence-corrected chi connectivity index (χ4v) is 3.70. The average molecular weight is 519 g/mol. The van der Waals surface area contributed by atoms with Crippen LogP contribution in [0.25, 0.3) is 11.3 Å². The molecule has 0 aliphatic rings. The monoisotopic (exact) mass is 518 g/mol. The van der Waals surface area contributed by atoms with E-state index in [1.54, 1.807) is 0 Å². The van der Waals surface area contributed by atoms with Gasteiger partial charge in [-0.2, -0.15) is 13.2 Å². The summed E-state index contributed by atoms with van der Waals surface area (Å²) in [6.45, 7) is 1.26. The first-order chi connectivity index (χ1) is 15.9. The van der Waals surface area contributed by atoms with Crippen LogP contribution in [0.5, 0.6) is 0 Å². The molecule has 1 aromatic carbocycles. The van der Waals surface area contributed by atoms with Crippen molar-refractivity contribution in [3.63, 3.8) is 0 Å². The molecule has 0 bridgehead atoms. The van der Waals surface area contributed by atoms with Crippen molar-refractivity contribution >= 4 is 45.8 Å². The van der Waals surface area contributed by atoms with E-state index in [0.29, 0.717) is 6.07 Å². The second kappa shape index (κ2) is 9.91. The SMILES string of the molecule is CC(O)C(Nc1ncc(C(=O)Nc2nc(-c3cccc(C(F)(F)F)c3F)cs2)cc1Cl)C(=O)O. The number of alkyl halides is 3. The minimum atomic E-state index is -4.87. The quantitative estimate of drug-likeness (QED) is 0.339. The molecule has 2 atom stereocenters. The van der Waals surface area contributed by atoms with E-state index in [-0.39, 0.29) is 32.8 Å². The topological polar surface area (TPSA) is 124 Å². The summed E-state index contributed by atoms with van der Waals surface area (Å²) in [5, 5.41) is 24.7. The number of anilines is 2. The number of carbonyl (C=O) groups excluding carboxylic acids is 1. The van der Waals surface area contributed by atoms with Crippen LogP contribution in [0.15, 0.2) is 35.8 Å². The summed E-state index contributed by atoms with van der Waals surface area (Å²) in [5.41, 5.74) is -1.95. The molecule has 3 rings (SSSR count). The standard InChI is InChI=1S/C20H15ClF4N4O4S/c1-8(30)15(18(32)33)28-16-12(21)5-9(6-26-16)17(31)29-19-27-13(7-34-19)10-3-2-4-11(14(10)22)20(23,24)25/h2-8,15,30H,1H3,(H,26,28)(H,32,33)(H,27,29,31). The zero-order chi connectivity index (χ0) is 25.2. The number of rotatable bonds is 7. The van der Waals surface area contributed by atoms with Gasteiger partial charge in [0.15, 0.2) is 11.2 Å². The van der Waals surface area contributed by atoms with Crippen molar-refractivity contribution in [2.24, 2.45) is 0 Å². The van der Waals surface area contributed by atoms with Crippen molar-refractivity contribution < 1.29 is 37.4 Å². The molecule has 2 heterocycles. The average Bonchev–Trinajstić information content (AvgIpc) is 3.19. The fourth-order valence-electron chi connectivity index (χ4n) is 2.78. The number of carbonyl (C=O) groups is 2. The minimum Gasteiger partial charge on any atom is -0.480 e. The first-order valence-electron chi connectivity index (χ1n) is 9.34. The molecule has 3 aromatic rings. The van der Waals surface area contributed by atoms with Crippen molar-refractivity contribution in [2.75, 3.05) is 10.6 Å². The third kappa shape index (κ3) is 5.61. The summed E-state index contributed by atoms with van der Waals surface area (Å²) >= 11 is 6.92. The Morgan fingerprint density at radius 2 is 1.97 bits per heavy atom. The number of hydrogen-bond acceptors (Lipinski definition) is 7. The number of aromatic nitrogens is 2. The molecule has 4 N–H and O–H groups in total. The summed E-state index contributed by atoms with van der Waals surface area (Å²) in [4.78, 5) is 31.5. The third-order valence-electron chi connectivity index (χ3n) is 4.45. The molecule has 0 fully saturated rings. The second-order valence-corrected chi connectivity index (χ2v) is 8.18. The molecule has 0 aliphatic heterocycles. The van der Waals surface area contributed by atoms with Crippen LogP contribution in [-0.4, -0.2) is 44.2 Å². The number of amides is 1. The molecule has 2 aromatic heterocycles. The highest BCUT2D eigenvalue weighted by atomic mass is 35.5. The summed E-state index contributed by atoms with van der Waals surface area (Å²) < 4.78 is 53.2. The Morgan fingerprint density at radius 1 is 1.26 bits per heavy atom. The predicted octanol–water partition coefficient (Wildman–Crippen LogP) is 4.51. The van der Waals surface area contributed by atoms with Gasteiger partial charge in [-0.15, -0.1) is 11.3 Å². The van der Waals surface area contributed by atoms with E-state index in [0.717, 1.165) is 29.7 Å². The third-order valence-corrected chi connectivity index (χ3v) is 5.49. The molecule has 14 heteroatoms. The Labute approximate surface area is 198 Å². The zero-order valence-corrected chi connectivity index (χ0v) is 18.6. The molecular weight excluding hydrogens is 504 g/mol. The summed E-state index contributed by atoms with van der Waals surface area (Å²) in [6, 6.07) is 2.60.